The second-order valence-electron chi connectivity index (χ2n) is 4.98. The molecule has 0 aliphatic heterocycles. The Hall–Kier alpha value is -2.89. The summed E-state index contributed by atoms with van der Waals surface area (Å²) >= 11 is 0. The predicted molar refractivity (Wildman–Crippen MR) is 81.7 cm³/mol. The first kappa shape index (κ1) is 16.5. The number of esters is 1. The number of aromatic hydroxyl groups is 1. The molecule has 2 N–H and O–H groups in total. The van der Waals surface area contributed by atoms with E-state index in [9.17, 15) is 19.1 Å². The first-order chi connectivity index (χ1) is 10.9. The van der Waals surface area contributed by atoms with E-state index in [1.807, 2.05) is 0 Å². The van der Waals surface area contributed by atoms with Crippen LogP contribution < -0.4 is 5.32 Å². The third-order valence-corrected chi connectivity index (χ3v) is 3.37. The number of phenolic OH excluding ortho intramolecular Hbond substituents is 1. The molecule has 1 unspecified atom stereocenters. The molecule has 0 radical (unpaired) electrons. The molecule has 0 heterocycles. The van der Waals surface area contributed by atoms with Gasteiger partial charge in [0.25, 0.3) is 5.91 Å². The van der Waals surface area contributed by atoms with Crippen molar-refractivity contribution in [2.24, 2.45) is 0 Å². The molecule has 0 saturated heterocycles. The average Bonchev–Trinajstić information content (AvgIpc) is 2.56. The Kier molecular flexibility index (Phi) is 4.95. The molecule has 6 heteroatoms. The van der Waals surface area contributed by atoms with Crippen molar-refractivity contribution in [3.63, 3.8) is 0 Å². The van der Waals surface area contributed by atoms with Crippen LogP contribution in [-0.2, 0) is 4.74 Å². The molecule has 1 amide bonds. The van der Waals surface area contributed by atoms with Crippen LogP contribution in [0.4, 0.5) is 4.39 Å². The fourth-order valence-corrected chi connectivity index (χ4v) is 2.06. The van der Waals surface area contributed by atoms with E-state index in [2.05, 4.69) is 10.1 Å². The van der Waals surface area contributed by atoms with Gasteiger partial charge in [0.15, 0.2) is 11.6 Å². The number of hydrogen-bond acceptors (Lipinski definition) is 4. The summed E-state index contributed by atoms with van der Waals surface area (Å²) in [6.07, 6.45) is 0. The molecule has 2 aromatic rings. The molecule has 0 saturated carbocycles. The number of carbonyl (C=O) groups excluding carboxylic acids is 2. The maximum atomic E-state index is 13.4. The minimum atomic E-state index is -0.753. The molecule has 120 valence electrons. The molecule has 1 atom stereocenters. The highest BCUT2D eigenvalue weighted by atomic mass is 19.1. The molecule has 0 fully saturated rings. The van der Waals surface area contributed by atoms with E-state index in [1.54, 1.807) is 25.1 Å². The lowest BCUT2D eigenvalue weighted by molar-refractivity contribution is 0.0600. The maximum Gasteiger partial charge on any atom is 0.337 e. The molecular formula is C17H16FNO4. The van der Waals surface area contributed by atoms with Crippen molar-refractivity contribution in [1.82, 2.24) is 5.32 Å². The molecule has 0 spiro atoms. The summed E-state index contributed by atoms with van der Waals surface area (Å²) in [4.78, 5) is 23.7. The minimum absolute atomic E-state index is 0.267. The van der Waals surface area contributed by atoms with Crippen LogP contribution in [-0.4, -0.2) is 24.1 Å². The Morgan fingerprint density at radius 3 is 2.52 bits per heavy atom. The Morgan fingerprint density at radius 2 is 1.87 bits per heavy atom. The third-order valence-electron chi connectivity index (χ3n) is 3.37. The lowest BCUT2D eigenvalue weighted by atomic mass is 10.1. The van der Waals surface area contributed by atoms with Crippen LogP contribution in [0, 0.1) is 5.82 Å². The number of methoxy groups -OCH3 is 1. The number of amides is 1. The highest BCUT2D eigenvalue weighted by Gasteiger charge is 2.15. The van der Waals surface area contributed by atoms with Crippen LogP contribution in [0.25, 0.3) is 0 Å². The van der Waals surface area contributed by atoms with E-state index in [0.717, 1.165) is 6.07 Å². The van der Waals surface area contributed by atoms with Crippen molar-refractivity contribution in [2.75, 3.05) is 7.11 Å². The number of halogens is 1. The average molecular weight is 317 g/mol. The number of rotatable bonds is 4. The van der Waals surface area contributed by atoms with Gasteiger partial charge in [0.2, 0.25) is 0 Å². The molecule has 2 rings (SSSR count). The fourth-order valence-electron chi connectivity index (χ4n) is 2.06. The van der Waals surface area contributed by atoms with E-state index < -0.39 is 29.5 Å². The molecule has 0 aromatic heterocycles. The molecule has 0 bridgehead atoms. The van der Waals surface area contributed by atoms with E-state index in [1.165, 1.54) is 25.3 Å². The summed E-state index contributed by atoms with van der Waals surface area (Å²) in [7, 11) is 1.26. The number of hydrogen-bond donors (Lipinski definition) is 2. The fraction of sp³-hybridized carbons (Fsp3) is 0.176. The lowest BCUT2D eigenvalue weighted by Crippen LogP contribution is -2.26. The minimum Gasteiger partial charge on any atom is -0.505 e. The maximum absolute atomic E-state index is 13.4. The predicted octanol–water partition coefficient (Wildman–Crippen LogP) is 2.81. The van der Waals surface area contributed by atoms with E-state index in [0.29, 0.717) is 11.1 Å². The van der Waals surface area contributed by atoms with Gasteiger partial charge >= 0.3 is 5.97 Å². The van der Waals surface area contributed by atoms with Crippen molar-refractivity contribution >= 4 is 11.9 Å². The van der Waals surface area contributed by atoms with Gasteiger partial charge in [0.05, 0.1) is 18.7 Å². The highest BCUT2D eigenvalue weighted by Crippen LogP contribution is 2.21. The summed E-state index contributed by atoms with van der Waals surface area (Å²) in [5, 5.41) is 11.9. The third kappa shape index (κ3) is 3.85. The second-order valence-corrected chi connectivity index (χ2v) is 4.98. The molecule has 0 aliphatic rings. The lowest BCUT2D eigenvalue weighted by Gasteiger charge is -2.15. The van der Waals surface area contributed by atoms with Crippen molar-refractivity contribution in [1.29, 1.82) is 0 Å². The quantitative estimate of drug-likeness (QED) is 0.850. The van der Waals surface area contributed by atoms with Gasteiger partial charge in [0.1, 0.15) is 0 Å². The summed E-state index contributed by atoms with van der Waals surface area (Å²) in [5.74, 6) is -2.14. The number of benzene rings is 2. The van der Waals surface area contributed by atoms with Gasteiger partial charge in [-0.15, -0.1) is 0 Å². The van der Waals surface area contributed by atoms with Gasteiger partial charge in [0, 0.05) is 5.56 Å². The first-order valence-electron chi connectivity index (χ1n) is 6.90. The summed E-state index contributed by atoms with van der Waals surface area (Å²) in [6.45, 7) is 1.69. The summed E-state index contributed by atoms with van der Waals surface area (Å²) in [5.41, 5.74) is 1.07. The Balaban J connectivity index is 2.15. The van der Waals surface area contributed by atoms with E-state index >= 15 is 0 Å². The van der Waals surface area contributed by atoms with Crippen LogP contribution >= 0.6 is 0 Å². The van der Waals surface area contributed by atoms with Crippen molar-refractivity contribution in [3.05, 3.63) is 65.0 Å². The molecule has 23 heavy (non-hydrogen) atoms. The Labute approximate surface area is 132 Å². The number of carbonyl (C=O) groups is 2. The van der Waals surface area contributed by atoms with Gasteiger partial charge in [-0.2, -0.15) is 0 Å². The van der Waals surface area contributed by atoms with Crippen LogP contribution in [0.3, 0.4) is 0 Å². The zero-order valence-corrected chi connectivity index (χ0v) is 12.7. The summed E-state index contributed by atoms with van der Waals surface area (Å²) < 4.78 is 18.0. The molecule has 0 aliphatic carbocycles. The zero-order chi connectivity index (χ0) is 17.0. The number of ether oxygens (including phenoxy) is 1. The molecular weight excluding hydrogens is 301 g/mol. The van der Waals surface area contributed by atoms with Crippen LogP contribution in [0.2, 0.25) is 0 Å². The topological polar surface area (TPSA) is 75.6 Å². The number of phenols is 1. The van der Waals surface area contributed by atoms with Gasteiger partial charge < -0.3 is 15.2 Å². The first-order valence-corrected chi connectivity index (χ1v) is 6.90. The van der Waals surface area contributed by atoms with Crippen molar-refractivity contribution in [3.8, 4) is 5.75 Å². The van der Waals surface area contributed by atoms with E-state index in [4.69, 9.17) is 0 Å². The Bertz CT molecular complexity index is 745. The highest BCUT2D eigenvalue weighted by molar-refractivity contribution is 5.98. The Morgan fingerprint density at radius 1 is 1.17 bits per heavy atom. The normalized spacial score (nSPS) is 11.6. The largest absolute Gasteiger partial charge is 0.505 e. The SMILES string of the molecule is COC(=O)c1cccc(C(=O)NC(C)c2ccc(O)c(F)c2)c1. The number of nitrogens with one attached hydrogen (secondary N) is 1. The van der Waals surface area contributed by atoms with Crippen LogP contribution in [0.5, 0.6) is 5.75 Å². The smallest absolute Gasteiger partial charge is 0.337 e. The second kappa shape index (κ2) is 6.91. The zero-order valence-electron chi connectivity index (χ0n) is 12.7. The van der Waals surface area contributed by atoms with E-state index in [-0.39, 0.29) is 5.56 Å². The van der Waals surface area contributed by atoms with Crippen molar-refractivity contribution < 1.29 is 23.8 Å². The van der Waals surface area contributed by atoms with Gasteiger partial charge in [-0.05, 0) is 42.8 Å². The molecule has 5 nitrogen and oxygen atoms in total. The van der Waals surface area contributed by atoms with Crippen molar-refractivity contribution in [2.45, 2.75) is 13.0 Å². The van der Waals surface area contributed by atoms with Gasteiger partial charge in [-0.1, -0.05) is 12.1 Å². The molecule has 2 aromatic carbocycles. The van der Waals surface area contributed by atoms with Crippen LogP contribution in [0.15, 0.2) is 42.5 Å². The van der Waals surface area contributed by atoms with Gasteiger partial charge in [-0.3, -0.25) is 4.79 Å². The standard InChI is InChI=1S/C17H16FNO4/c1-10(11-6-7-15(20)14(18)9-11)19-16(21)12-4-3-5-13(8-12)17(22)23-2/h3-10,20H,1-2H3,(H,19,21). The van der Waals surface area contributed by atoms with Crippen LogP contribution in [0.1, 0.15) is 39.2 Å². The van der Waals surface area contributed by atoms with Gasteiger partial charge in [-0.25, -0.2) is 9.18 Å². The monoisotopic (exact) mass is 317 g/mol. The summed E-state index contributed by atoms with van der Waals surface area (Å²) in [6, 6.07) is 9.54.